The summed E-state index contributed by atoms with van der Waals surface area (Å²) in [6.45, 7) is 4.54. The third-order valence-electron chi connectivity index (χ3n) is 1.90. The molecular formula is C10H17FO2Pr. The van der Waals surface area contributed by atoms with E-state index in [0.717, 1.165) is 19.3 Å². The Kier molecular flexibility index (Phi) is 7.31. The summed E-state index contributed by atoms with van der Waals surface area (Å²) in [4.78, 5) is 22.5. The minimum absolute atomic E-state index is 0.0641. The Morgan fingerprint density at radius 1 is 1.29 bits per heavy atom. The second kappa shape index (κ2) is 7.00. The molecule has 0 radical (unpaired) electrons. The molecule has 0 saturated carbocycles. The Labute approximate surface area is 105 Å². The first-order chi connectivity index (χ1) is 6.38. The van der Waals surface area contributed by atoms with Crippen molar-refractivity contribution >= 4 is 2.73 Å². The second-order valence-electron chi connectivity index (χ2n) is 3.90. The van der Waals surface area contributed by atoms with E-state index < -0.39 is 44.2 Å². The van der Waals surface area contributed by atoms with Crippen molar-refractivity contribution in [3.63, 3.8) is 0 Å². The summed E-state index contributed by atoms with van der Waals surface area (Å²) >= 11 is -2.16. The van der Waals surface area contributed by atoms with Crippen LogP contribution in [0.25, 0.3) is 0 Å². The predicted octanol–water partition coefficient (Wildman–Crippen LogP) is 2.45. The molecule has 0 atom stereocenters. The van der Waals surface area contributed by atoms with Crippen LogP contribution in [0.1, 0.15) is 46.5 Å². The van der Waals surface area contributed by atoms with E-state index in [2.05, 4.69) is 6.92 Å². The molecule has 4 heteroatoms. The van der Waals surface area contributed by atoms with Crippen LogP contribution in [0.3, 0.4) is 0 Å². The van der Waals surface area contributed by atoms with Crippen molar-refractivity contribution in [1.82, 2.24) is 0 Å². The fraction of sp³-hybridized carbons (Fsp3) is 0.800. The summed E-state index contributed by atoms with van der Waals surface area (Å²) in [6.07, 6.45) is 3.42. The van der Waals surface area contributed by atoms with Crippen LogP contribution in [0.15, 0.2) is 0 Å². The van der Waals surface area contributed by atoms with Crippen LogP contribution in [0.5, 0.6) is 0 Å². The molecule has 0 aromatic heterocycles. The number of unbranched alkanes of at least 4 members (excludes halogenated alkanes) is 2. The zero-order chi connectivity index (χ0) is 11.2. The molecule has 0 bridgehead atoms. The van der Waals surface area contributed by atoms with E-state index in [1.54, 1.807) is 0 Å². The van der Waals surface area contributed by atoms with Gasteiger partial charge in [-0.25, -0.2) is 0 Å². The van der Waals surface area contributed by atoms with Crippen molar-refractivity contribution in [1.29, 1.82) is 0 Å². The molecule has 0 heterocycles. The first-order valence-corrected chi connectivity index (χ1v) is 8.69. The first-order valence-electron chi connectivity index (χ1n) is 4.99. The standard InChI is InChI=1S/C6H11O.C4H6FO.Pr/c1-2-3-4-5-6-7;1-4(2,5)3-6;/h2-5H2,1H3;1-2H3;. The summed E-state index contributed by atoms with van der Waals surface area (Å²) < 4.78 is 12.7. The van der Waals surface area contributed by atoms with Gasteiger partial charge in [0.15, 0.2) is 0 Å². The molecule has 0 amide bonds. The topological polar surface area (TPSA) is 34.1 Å². The molecule has 0 N–H and O–H groups in total. The minimum atomic E-state index is -2.16. The monoisotopic (exact) mass is 329 g/mol. The van der Waals surface area contributed by atoms with Crippen molar-refractivity contribution in [3.8, 4) is 0 Å². The molecule has 0 fully saturated rings. The Morgan fingerprint density at radius 2 is 1.86 bits per heavy atom. The Hall–Kier alpha value is 0.634. The number of alkyl halides is 1. The van der Waals surface area contributed by atoms with Crippen molar-refractivity contribution in [2.24, 2.45) is 0 Å². The number of rotatable bonds is 7. The van der Waals surface area contributed by atoms with Gasteiger partial charge in [0.25, 0.3) is 0 Å². The van der Waals surface area contributed by atoms with E-state index >= 15 is 0 Å². The summed E-state index contributed by atoms with van der Waals surface area (Å²) in [7, 11) is 0. The molecule has 0 aromatic carbocycles. The number of hydrogen-bond acceptors (Lipinski definition) is 2. The van der Waals surface area contributed by atoms with Gasteiger partial charge in [0.2, 0.25) is 0 Å². The van der Waals surface area contributed by atoms with Crippen molar-refractivity contribution in [2.45, 2.75) is 52.1 Å². The van der Waals surface area contributed by atoms with E-state index in [1.807, 2.05) is 0 Å². The molecule has 0 saturated heterocycles. The fourth-order valence-electron chi connectivity index (χ4n) is 0.939. The molecule has 0 aliphatic carbocycles. The third-order valence-corrected chi connectivity index (χ3v) is 6.91. The average Bonchev–Trinajstić information content (AvgIpc) is 2.03. The van der Waals surface area contributed by atoms with Gasteiger partial charge in [0.1, 0.15) is 0 Å². The van der Waals surface area contributed by atoms with Crippen LogP contribution in [-0.4, -0.2) is 8.40 Å². The number of carbonyl (C=O) groups is 2. The van der Waals surface area contributed by atoms with Crippen LogP contribution >= 0.6 is 0 Å². The maximum atomic E-state index is 13.1. The zero-order valence-electron chi connectivity index (χ0n) is 9.10. The van der Waals surface area contributed by atoms with E-state index in [4.69, 9.17) is 0 Å². The predicted molar refractivity (Wildman–Crippen MR) is 49.3 cm³/mol. The first kappa shape index (κ1) is 14.6. The molecule has 0 aliphatic heterocycles. The molecule has 2 nitrogen and oxygen atoms in total. The van der Waals surface area contributed by atoms with Crippen LogP contribution < -0.4 is 0 Å². The SMILES string of the molecule is CCCCC[C](=O)[Pr][C](=O)C(C)(C)F. The van der Waals surface area contributed by atoms with Gasteiger partial charge in [-0.2, -0.15) is 0 Å². The number of halogens is 1. The molecule has 0 spiro atoms. The van der Waals surface area contributed by atoms with Crippen LogP contribution in [0.4, 0.5) is 4.39 Å². The normalized spacial score (nSPS) is 10.9. The van der Waals surface area contributed by atoms with Gasteiger partial charge in [-0.3, -0.25) is 0 Å². The number of carbonyl (C=O) groups excluding carboxylic acids is 2. The molecule has 0 aromatic rings. The Balaban J connectivity index is 3.78. The summed E-state index contributed by atoms with van der Waals surface area (Å²) in [6, 6.07) is 0. The average molecular weight is 329 g/mol. The summed E-state index contributed by atoms with van der Waals surface area (Å²) in [5.74, 6) is 0. The second-order valence-corrected chi connectivity index (χ2v) is 8.58. The van der Waals surface area contributed by atoms with E-state index in [-0.39, 0.29) is 1.37 Å². The van der Waals surface area contributed by atoms with Crippen molar-refractivity contribution in [3.05, 3.63) is 0 Å². The third kappa shape index (κ3) is 7.00. The van der Waals surface area contributed by atoms with Crippen molar-refractivity contribution < 1.29 is 51.1 Å². The van der Waals surface area contributed by atoms with Gasteiger partial charge < -0.3 is 0 Å². The van der Waals surface area contributed by atoms with Gasteiger partial charge in [-0.1, -0.05) is 0 Å². The fourth-order valence-corrected chi connectivity index (χ4v) is 4.10. The number of hydrogen-bond donors (Lipinski definition) is 0. The van der Waals surface area contributed by atoms with Gasteiger partial charge >= 0.3 is 106 Å². The van der Waals surface area contributed by atoms with Gasteiger partial charge in [-0.05, 0) is 0 Å². The Morgan fingerprint density at radius 3 is 2.29 bits per heavy atom. The molecule has 0 rings (SSSR count). The summed E-state index contributed by atoms with van der Waals surface area (Å²) in [5, 5.41) is 0. The zero-order valence-corrected chi connectivity index (χ0v) is 12.8. The molecule has 0 aliphatic rings. The molecule has 0 unspecified atom stereocenters. The molecular weight excluding hydrogens is 312 g/mol. The van der Waals surface area contributed by atoms with Crippen LogP contribution in [0.2, 0.25) is 0 Å². The summed E-state index contributed by atoms with van der Waals surface area (Å²) in [5.41, 5.74) is -1.78. The Bertz CT molecular complexity index is 209. The van der Waals surface area contributed by atoms with Crippen LogP contribution in [0, 0.1) is 37.1 Å². The van der Waals surface area contributed by atoms with Crippen molar-refractivity contribution in [2.75, 3.05) is 0 Å². The van der Waals surface area contributed by atoms with Gasteiger partial charge in [-0.15, -0.1) is 0 Å². The van der Waals surface area contributed by atoms with Crippen LogP contribution in [-0.2, 0) is 9.59 Å². The maximum absolute atomic E-state index is 13.1. The van der Waals surface area contributed by atoms with E-state index in [1.165, 1.54) is 13.8 Å². The van der Waals surface area contributed by atoms with Gasteiger partial charge in [0.05, 0.1) is 0 Å². The molecule has 14 heavy (non-hydrogen) atoms. The quantitative estimate of drug-likeness (QED) is 0.673. The van der Waals surface area contributed by atoms with E-state index in [0.29, 0.717) is 6.42 Å². The van der Waals surface area contributed by atoms with E-state index in [9.17, 15) is 14.0 Å². The van der Waals surface area contributed by atoms with Gasteiger partial charge in [0, 0.05) is 0 Å². The molecule has 79 valence electrons.